The van der Waals surface area contributed by atoms with Gasteiger partial charge in [0.25, 0.3) is 0 Å². The molecule has 0 saturated heterocycles. The minimum absolute atomic E-state index is 0.00173. The number of hydrogen-bond acceptors (Lipinski definition) is 7. The third-order valence-corrected chi connectivity index (χ3v) is 6.32. The van der Waals surface area contributed by atoms with Crippen LogP contribution >= 0.6 is 0 Å². The lowest BCUT2D eigenvalue weighted by Gasteiger charge is -2.35. The molecule has 0 fully saturated rings. The number of carboxylic acids is 1. The Hall–Kier alpha value is -2.82. The molecule has 2 heterocycles. The van der Waals surface area contributed by atoms with Crippen LogP contribution in [0.2, 0.25) is 0 Å². The number of nitrogens with zero attached hydrogens (tertiary/aromatic N) is 5. The van der Waals surface area contributed by atoms with Crippen molar-refractivity contribution in [3.8, 4) is 0 Å². The second kappa shape index (κ2) is 12.0. The van der Waals surface area contributed by atoms with Gasteiger partial charge in [-0.05, 0) is 32.0 Å². The molecule has 1 aromatic carbocycles. The Morgan fingerprint density at radius 1 is 1.35 bits per heavy atom. The molecular formula is C24H35N5O5. The largest absolute Gasteiger partial charge is 0.478 e. The molecule has 186 valence electrons. The highest BCUT2D eigenvalue weighted by Gasteiger charge is 2.28. The van der Waals surface area contributed by atoms with Crippen LogP contribution in [-0.4, -0.2) is 85.8 Å². The van der Waals surface area contributed by atoms with Gasteiger partial charge in [0, 0.05) is 38.5 Å². The molecule has 0 saturated carbocycles. The summed E-state index contributed by atoms with van der Waals surface area (Å²) in [5.41, 5.74) is 1.86. The van der Waals surface area contributed by atoms with E-state index in [-0.39, 0.29) is 36.1 Å². The standard InChI is InChI=1S/C24H35N5O5/c1-17-12-28(18(2)15-30)23(31)9-6-10-29-20(11-25-26-29)16-34-22(17)14-27(3)13-19-7-4-5-8-21(19)24(32)33/h4-5,7-8,11,17-18,22,30H,6,9-10,12-16H2,1-3H3,(H,32,33)/t17-,18-,22-/m1/s1. The van der Waals surface area contributed by atoms with Crippen LogP contribution in [0.5, 0.6) is 0 Å². The molecule has 0 unspecified atom stereocenters. The van der Waals surface area contributed by atoms with Gasteiger partial charge >= 0.3 is 5.97 Å². The average Bonchev–Trinajstić information content (AvgIpc) is 3.26. The first-order valence-electron chi connectivity index (χ1n) is 11.7. The van der Waals surface area contributed by atoms with Gasteiger partial charge in [0.2, 0.25) is 5.91 Å². The fourth-order valence-corrected chi connectivity index (χ4v) is 4.28. The van der Waals surface area contributed by atoms with E-state index in [0.29, 0.717) is 45.6 Å². The normalized spacial score (nSPS) is 21.0. The third kappa shape index (κ3) is 6.62. The number of amides is 1. The highest BCUT2D eigenvalue weighted by Crippen LogP contribution is 2.19. The zero-order valence-corrected chi connectivity index (χ0v) is 20.1. The smallest absolute Gasteiger partial charge is 0.336 e. The monoisotopic (exact) mass is 473 g/mol. The van der Waals surface area contributed by atoms with Gasteiger partial charge in [0.1, 0.15) is 0 Å². The molecule has 3 atom stereocenters. The molecule has 10 heteroatoms. The van der Waals surface area contributed by atoms with Crippen LogP contribution in [0.15, 0.2) is 30.5 Å². The summed E-state index contributed by atoms with van der Waals surface area (Å²) in [6.45, 7) is 6.12. The number of aromatic nitrogens is 3. The lowest BCUT2D eigenvalue weighted by Crippen LogP contribution is -2.47. The Morgan fingerprint density at radius 2 is 2.12 bits per heavy atom. The lowest BCUT2D eigenvalue weighted by molar-refractivity contribution is -0.136. The van der Waals surface area contributed by atoms with Crippen LogP contribution in [0.3, 0.4) is 0 Å². The predicted octanol–water partition coefficient (Wildman–Crippen LogP) is 1.63. The summed E-state index contributed by atoms with van der Waals surface area (Å²) in [7, 11) is 1.93. The predicted molar refractivity (Wildman–Crippen MR) is 125 cm³/mol. The summed E-state index contributed by atoms with van der Waals surface area (Å²) >= 11 is 0. The van der Waals surface area contributed by atoms with Gasteiger partial charge in [-0.25, -0.2) is 9.48 Å². The van der Waals surface area contributed by atoms with Crippen LogP contribution in [0.25, 0.3) is 0 Å². The summed E-state index contributed by atoms with van der Waals surface area (Å²) < 4.78 is 8.10. The van der Waals surface area contributed by atoms with Crippen molar-refractivity contribution in [3.05, 3.63) is 47.3 Å². The van der Waals surface area contributed by atoms with E-state index in [2.05, 4.69) is 10.3 Å². The fourth-order valence-electron chi connectivity index (χ4n) is 4.28. The molecule has 0 spiro atoms. The Balaban J connectivity index is 1.80. The van der Waals surface area contributed by atoms with Crippen LogP contribution < -0.4 is 0 Å². The number of hydrogen-bond donors (Lipinski definition) is 2. The summed E-state index contributed by atoms with van der Waals surface area (Å²) in [4.78, 5) is 28.3. The van der Waals surface area contributed by atoms with Crippen molar-refractivity contribution >= 4 is 11.9 Å². The molecule has 1 aromatic heterocycles. The Morgan fingerprint density at radius 3 is 2.85 bits per heavy atom. The van der Waals surface area contributed by atoms with E-state index in [1.165, 1.54) is 0 Å². The summed E-state index contributed by atoms with van der Waals surface area (Å²) in [5.74, 6) is -0.982. The molecule has 34 heavy (non-hydrogen) atoms. The number of ether oxygens (including phenoxy) is 1. The van der Waals surface area contributed by atoms with E-state index in [1.54, 1.807) is 27.9 Å². The first-order chi connectivity index (χ1) is 16.3. The number of aliphatic hydroxyl groups excluding tert-OH is 1. The van der Waals surface area contributed by atoms with E-state index in [4.69, 9.17) is 4.74 Å². The molecule has 2 aromatic rings. The van der Waals surface area contributed by atoms with Crippen LogP contribution in [-0.2, 0) is 29.2 Å². The van der Waals surface area contributed by atoms with E-state index in [1.807, 2.05) is 37.9 Å². The van der Waals surface area contributed by atoms with Gasteiger partial charge in [-0.1, -0.05) is 30.3 Å². The molecule has 0 bridgehead atoms. The second-order valence-corrected chi connectivity index (χ2v) is 9.12. The maximum Gasteiger partial charge on any atom is 0.336 e. The molecule has 1 aliphatic rings. The van der Waals surface area contributed by atoms with Crippen molar-refractivity contribution in [2.24, 2.45) is 5.92 Å². The van der Waals surface area contributed by atoms with Crippen molar-refractivity contribution in [2.75, 3.05) is 26.7 Å². The van der Waals surface area contributed by atoms with Crippen molar-refractivity contribution in [3.63, 3.8) is 0 Å². The minimum atomic E-state index is -0.951. The topological polar surface area (TPSA) is 121 Å². The number of carbonyl (C=O) groups is 2. The number of likely N-dealkylation sites (N-methyl/N-ethyl adjacent to an activating group) is 1. The molecular weight excluding hydrogens is 438 g/mol. The number of carboxylic acid groups (broad SMARTS) is 1. The molecule has 10 nitrogen and oxygen atoms in total. The van der Waals surface area contributed by atoms with Gasteiger partial charge in [0.05, 0.1) is 42.8 Å². The molecule has 1 aliphatic heterocycles. The maximum absolute atomic E-state index is 13.0. The van der Waals surface area contributed by atoms with E-state index in [9.17, 15) is 19.8 Å². The van der Waals surface area contributed by atoms with E-state index in [0.717, 1.165) is 11.3 Å². The lowest BCUT2D eigenvalue weighted by atomic mass is 10.0. The van der Waals surface area contributed by atoms with Crippen molar-refractivity contribution < 1.29 is 24.5 Å². The minimum Gasteiger partial charge on any atom is -0.478 e. The molecule has 0 aliphatic carbocycles. The van der Waals surface area contributed by atoms with Crippen LogP contribution in [0.4, 0.5) is 0 Å². The number of aliphatic hydroxyl groups is 1. The fraction of sp³-hybridized carbons (Fsp3) is 0.583. The highest BCUT2D eigenvalue weighted by molar-refractivity contribution is 5.89. The number of aryl methyl sites for hydroxylation is 1. The first kappa shape index (κ1) is 25.8. The molecule has 2 N–H and O–H groups in total. The van der Waals surface area contributed by atoms with Crippen molar-refractivity contribution in [1.29, 1.82) is 0 Å². The van der Waals surface area contributed by atoms with Crippen molar-refractivity contribution in [2.45, 2.75) is 58.5 Å². The third-order valence-electron chi connectivity index (χ3n) is 6.32. The van der Waals surface area contributed by atoms with Gasteiger partial charge in [-0.2, -0.15) is 0 Å². The van der Waals surface area contributed by atoms with E-state index < -0.39 is 5.97 Å². The highest BCUT2D eigenvalue weighted by atomic mass is 16.5. The molecule has 1 amide bonds. The Kier molecular flexibility index (Phi) is 9.14. The van der Waals surface area contributed by atoms with Crippen LogP contribution in [0.1, 0.15) is 48.3 Å². The Labute approximate surface area is 200 Å². The number of carbonyl (C=O) groups excluding carboxylic acids is 1. The second-order valence-electron chi connectivity index (χ2n) is 9.12. The zero-order valence-electron chi connectivity index (χ0n) is 20.1. The molecule has 3 rings (SSSR count). The van der Waals surface area contributed by atoms with Gasteiger partial charge in [0.15, 0.2) is 0 Å². The summed E-state index contributed by atoms with van der Waals surface area (Å²) in [5, 5.41) is 27.3. The number of aromatic carboxylic acids is 1. The van der Waals surface area contributed by atoms with Gasteiger partial charge in [-0.15, -0.1) is 5.10 Å². The molecule has 0 radical (unpaired) electrons. The van der Waals surface area contributed by atoms with Gasteiger partial charge in [-0.3, -0.25) is 9.69 Å². The van der Waals surface area contributed by atoms with Crippen molar-refractivity contribution in [1.82, 2.24) is 24.8 Å². The SMILES string of the molecule is C[C@@H]1CN([C@H](C)CO)C(=O)CCCn2nncc2CO[C@@H]1CN(C)Cc1ccccc1C(=O)O. The van der Waals surface area contributed by atoms with E-state index >= 15 is 0 Å². The Bertz CT molecular complexity index is 965. The summed E-state index contributed by atoms with van der Waals surface area (Å²) in [6, 6.07) is 6.68. The average molecular weight is 474 g/mol. The maximum atomic E-state index is 13.0. The van der Waals surface area contributed by atoms with Crippen LogP contribution in [0, 0.1) is 5.92 Å². The zero-order chi connectivity index (χ0) is 24.7. The first-order valence-corrected chi connectivity index (χ1v) is 11.7. The van der Waals surface area contributed by atoms with Gasteiger partial charge < -0.3 is 19.8 Å². The number of rotatable bonds is 7. The number of fused-ring (bicyclic) bond motifs is 1. The quantitative estimate of drug-likeness (QED) is 0.623. The number of benzene rings is 1. The summed E-state index contributed by atoms with van der Waals surface area (Å²) in [6.07, 6.45) is 2.44.